The number of carbonyl (C=O) groups is 2. The Hall–Kier alpha value is -3.21. The molecule has 1 aromatic heterocycles. The molecule has 0 aliphatic heterocycles. The number of benzene rings is 2. The first-order valence-electron chi connectivity index (χ1n) is 7.51. The van der Waals surface area contributed by atoms with Gasteiger partial charge in [-0.15, -0.1) is 0 Å². The molecule has 5 nitrogen and oxygen atoms in total. The fourth-order valence-corrected chi connectivity index (χ4v) is 2.86. The maximum absolute atomic E-state index is 12.5. The third kappa shape index (κ3) is 2.31. The van der Waals surface area contributed by atoms with Crippen molar-refractivity contribution in [3.8, 4) is 11.1 Å². The molecule has 4 rings (SSSR count). The molecule has 1 heterocycles. The van der Waals surface area contributed by atoms with Gasteiger partial charge in [0.1, 0.15) is 0 Å². The highest BCUT2D eigenvalue weighted by atomic mass is 16.5. The van der Waals surface area contributed by atoms with Crippen LogP contribution < -0.4 is 0 Å². The second-order valence-electron chi connectivity index (χ2n) is 5.65. The largest absolute Gasteiger partial charge is 0.454 e. The molecule has 1 aliphatic carbocycles. The molecule has 0 fully saturated rings. The summed E-state index contributed by atoms with van der Waals surface area (Å²) in [6.07, 6.45) is 0. The summed E-state index contributed by atoms with van der Waals surface area (Å²) in [7, 11) is 0. The molecule has 0 saturated heterocycles. The molecule has 5 heteroatoms. The molecule has 3 aromatic rings. The normalized spacial score (nSPS) is 12.0. The van der Waals surface area contributed by atoms with Crippen LogP contribution in [0.25, 0.3) is 11.1 Å². The zero-order valence-electron chi connectivity index (χ0n) is 12.9. The molecule has 2 aromatic carbocycles. The Labute approximate surface area is 137 Å². The summed E-state index contributed by atoms with van der Waals surface area (Å²) in [4.78, 5) is 24.7. The smallest absolute Gasteiger partial charge is 0.338 e. The van der Waals surface area contributed by atoms with Crippen molar-refractivity contribution in [3.05, 3.63) is 76.7 Å². The Morgan fingerprint density at radius 2 is 1.79 bits per heavy atom. The van der Waals surface area contributed by atoms with Gasteiger partial charge in [0.2, 0.25) is 0 Å². The topological polar surface area (TPSA) is 69.4 Å². The number of hydrogen-bond donors (Lipinski definition) is 0. The molecule has 0 unspecified atom stereocenters. The Kier molecular flexibility index (Phi) is 3.27. The van der Waals surface area contributed by atoms with E-state index in [0.29, 0.717) is 22.5 Å². The minimum absolute atomic E-state index is 0.00489. The van der Waals surface area contributed by atoms with E-state index in [1.54, 1.807) is 37.3 Å². The zero-order chi connectivity index (χ0) is 16.7. The van der Waals surface area contributed by atoms with Gasteiger partial charge < -0.3 is 9.26 Å². The van der Waals surface area contributed by atoms with Gasteiger partial charge in [-0.25, -0.2) is 4.79 Å². The van der Waals surface area contributed by atoms with Gasteiger partial charge in [-0.2, -0.15) is 0 Å². The quantitative estimate of drug-likeness (QED) is 0.540. The van der Waals surface area contributed by atoms with E-state index in [4.69, 9.17) is 9.26 Å². The monoisotopic (exact) mass is 319 g/mol. The van der Waals surface area contributed by atoms with Gasteiger partial charge in [0.05, 0.1) is 11.3 Å². The number of ether oxygens (including phenoxy) is 1. The number of carbonyl (C=O) groups excluding carboxylic acids is 2. The highest BCUT2D eigenvalue weighted by molar-refractivity contribution is 6.22. The SMILES string of the molecule is Cc1cc(COC(=O)c2ccc3c(c2)C(=O)c2ccccc2-3)on1. The Morgan fingerprint density at radius 3 is 2.54 bits per heavy atom. The van der Waals surface area contributed by atoms with Crippen LogP contribution in [0.3, 0.4) is 0 Å². The second kappa shape index (κ2) is 5.45. The maximum Gasteiger partial charge on any atom is 0.338 e. The Balaban J connectivity index is 1.58. The lowest BCUT2D eigenvalue weighted by molar-refractivity contribution is 0.0437. The minimum atomic E-state index is -0.504. The van der Waals surface area contributed by atoms with Crippen LogP contribution in [0, 0.1) is 6.92 Å². The third-order valence-electron chi connectivity index (χ3n) is 3.98. The van der Waals surface area contributed by atoms with Crippen LogP contribution >= 0.6 is 0 Å². The molecule has 0 N–H and O–H groups in total. The average Bonchev–Trinajstić information content (AvgIpc) is 3.15. The predicted molar refractivity (Wildman–Crippen MR) is 85.7 cm³/mol. The molecular formula is C19H13NO4. The zero-order valence-corrected chi connectivity index (χ0v) is 12.9. The first kappa shape index (κ1) is 14.4. The molecular weight excluding hydrogens is 306 g/mol. The molecule has 0 atom stereocenters. The van der Waals surface area contributed by atoms with Gasteiger partial charge in [-0.05, 0) is 30.2 Å². The fourth-order valence-electron chi connectivity index (χ4n) is 2.86. The average molecular weight is 319 g/mol. The van der Waals surface area contributed by atoms with Crippen LogP contribution in [0.1, 0.15) is 37.7 Å². The van der Waals surface area contributed by atoms with Crippen molar-refractivity contribution < 1.29 is 18.8 Å². The van der Waals surface area contributed by atoms with E-state index in [1.807, 2.05) is 18.2 Å². The Morgan fingerprint density at radius 1 is 1.04 bits per heavy atom. The van der Waals surface area contributed by atoms with E-state index in [0.717, 1.165) is 16.8 Å². The summed E-state index contributed by atoms with van der Waals surface area (Å²) in [6.45, 7) is 1.80. The molecule has 118 valence electrons. The van der Waals surface area contributed by atoms with Gasteiger partial charge in [0.15, 0.2) is 18.2 Å². The lowest BCUT2D eigenvalue weighted by Gasteiger charge is -2.05. The summed E-state index contributed by atoms with van der Waals surface area (Å²) in [5.41, 5.74) is 4.00. The fraction of sp³-hybridized carbons (Fsp3) is 0.105. The van der Waals surface area contributed by atoms with E-state index < -0.39 is 5.97 Å². The van der Waals surface area contributed by atoms with Gasteiger partial charge in [0.25, 0.3) is 0 Å². The number of aryl methyl sites for hydroxylation is 1. The molecule has 0 saturated carbocycles. The van der Waals surface area contributed by atoms with E-state index in [9.17, 15) is 9.59 Å². The first-order chi connectivity index (χ1) is 11.6. The summed E-state index contributed by atoms with van der Waals surface area (Å²) in [6, 6.07) is 14.2. The summed E-state index contributed by atoms with van der Waals surface area (Å²) in [5.74, 6) is -0.0952. The molecule has 1 aliphatic rings. The van der Waals surface area contributed by atoms with Crippen molar-refractivity contribution in [1.29, 1.82) is 0 Å². The molecule has 0 bridgehead atoms. The minimum Gasteiger partial charge on any atom is -0.454 e. The number of fused-ring (bicyclic) bond motifs is 3. The van der Waals surface area contributed by atoms with Gasteiger partial charge in [0, 0.05) is 17.2 Å². The van der Waals surface area contributed by atoms with Crippen molar-refractivity contribution in [2.45, 2.75) is 13.5 Å². The van der Waals surface area contributed by atoms with Crippen molar-refractivity contribution >= 4 is 11.8 Å². The third-order valence-corrected chi connectivity index (χ3v) is 3.98. The number of ketones is 1. The van der Waals surface area contributed by atoms with E-state index in [1.165, 1.54) is 0 Å². The predicted octanol–water partition coefficient (Wildman–Crippen LogP) is 3.55. The lowest BCUT2D eigenvalue weighted by atomic mass is 10.0. The highest BCUT2D eigenvalue weighted by Gasteiger charge is 2.27. The van der Waals surface area contributed by atoms with Crippen LogP contribution in [0.4, 0.5) is 0 Å². The van der Waals surface area contributed by atoms with Gasteiger partial charge >= 0.3 is 5.97 Å². The van der Waals surface area contributed by atoms with Crippen molar-refractivity contribution in [2.75, 3.05) is 0 Å². The van der Waals surface area contributed by atoms with Crippen molar-refractivity contribution in [3.63, 3.8) is 0 Å². The standard InChI is InChI=1S/C19H13NO4/c1-11-8-13(24-20-11)10-23-19(22)12-6-7-15-14-4-2-3-5-16(14)18(21)17(15)9-12/h2-9H,10H2,1H3. The molecule has 24 heavy (non-hydrogen) atoms. The highest BCUT2D eigenvalue weighted by Crippen LogP contribution is 2.36. The van der Waals surface area contributed by atoms with Crippen LogP contribution in [0.5, 0.6) is 0 Å². The molecule has 0 spiro atoms. The number of aromatic nitrogens is 1. The maximum atomic E-state index is 12.5. The summed E-state index contributed by atoms with van der Waals surface area (Å²) in [5, 5.41) is 3.74. The van der Waals surface area contributed by atoms with E-state index >= 15 is 0 Å². The van der Waals surface area contributed by atoms with Crippen LogP contribution in [0.2, 0.25) is 0 Å². The molecule has 0 radical (unpaired) electrons. The first-order valence-corrected chi connectivity index (χ1v) is 7.51. The van der Waals surface area contributed by atoms with Crippen LogP contribution in [0.15, 0.2) is 53.1 Å². The summed E-state index contributed by atoms with van der Waals surface area (Å²) < 4.78 is 10.2. The van der Waals surface area contributed by atoms with E-state index in [2.05, 4.69) is 5.16 Å². The van der Waals surface area contributed by atoms with Gasteiger partial charge in [-0.3, -0.25) is 4.79 Å². The number of nitrogens with zero attached hydrogens (tertiary/aromatic N) is 1. The van der Waals surface area contributed by atoms with Crippen molar-refractivity contribution in [1.82, 2.24) is 5.16 Å². The number of esters is 1. The lowest BCUT2D eigenvalue weighted by Crippen LogP contribution is -2.06. The Bertz CT molecular complexity index is 971. The van der Waals surface area contributed by atoms with Crippen molar-refractivity contribution in [2.24, 2.45) is 0 Å². The van der Waals surface area contributed by atoms with Crippen LogP contribution in [-0.2, 0) is 11.3 Å². The second-order valence-corrected chi connectivity index (χ2v) is 5.65. The van der Waals surface area contributed by atoms with E-state index in [-0.39, 0.29) is 12.4 Å². The summed E-state index contributed by atoms with van der Waals surface area (Å²) >= 11 is 0. The van der Waals surface area contributed by atoms with Crippen LogP contribution in [-0.4, -0.2) is 16.9 Å². The number of hydrogen-bond acceptors (Lipinski definition) is 5. The van der Waals surface area contributed by atoms with Gasteiger partial charge in [-0.1, -0.05) is 35.5 Å². The molecule has 0 amide bonds. The number of rotatable bonds is 3.